The van der Waals surface area contributed by atoms with Crippen LogP contribution < -0.4 is 15.4 Å². The number of anilines is 2. The molecule has 9 heteroatoms. The fraction of sp³-hybridized carbons (Fsp3) is 0.440. The quantitative estimate of drug-likeness (QED) is 0.551. The summed E-state index contributed by atoms with van der Waals surface area (Å²) in [6.07, 6.45) is 5.50. The predicted octanol–water partition coefficient (Wildman–Crippen LogP) is 3.63. The molecule has 0 atom stereocenters. The number of piperidine rings is 1. The molecule has 0 bridgehead atoms. The lowest BCUT2D eigenvalue weighted by Gasteiger charge is -2.35. The number of nitrogens with zero attached hydrogens (tertiary/aromatic N) is 5. The molecule has 4 heterocycles. The predicted molar refractivity (Wildman–Crippen MR) is 134 cm³/mol. The Hall–Kier alpha value is -2.75. The van der Waals surface area contributed by atoms with Gasteiger partial charge in [-0.05, 0) is 42.7 Å². The number of nitrogens with two attached hydrogens (primary N) is 1. The van der Waals surface area contributed by atoms with Crippen molar-refractivity contribution in [2.75, 3.05) is 49.9 Å². The van der Waals surface area contributed by atoms with Crippen LogP contribution in [0.4, 0.5) is 15.3 Å². The maximum atomic E-state index is 13.1. The summed E-state index contributed by atoms with van der Waals surface area (Å²) in [5.41, 5.74) is 7.03. The summed E-state index contributed by atoms with van der Waals surface area (Å²) in [5.74, 6) is 1.50. The van der Waals surface area contributed by atoms with Crippen LogP contribution in [0.25, 0.3) is 0 Å². The highest BCUT2D eigenvalue weighted by atomic mass is 32.1. The first-order valence-corrected chi connectivity index (χ1v) is 12.7. The summed E-state index contributed by atoms with van der Waals surface area (Å²) >= 11 is 1.57. The van der Waals surface area contributed by atoms with Crippen LogP contribution in [-0.4, -0.2) is 65.1 Å². The van der Waals surface area contributed by atoms with Gasteiger partial charge in [0.15, 0.2) is 5.13 Å². The number of aromatic nitrogens is 2. The highest BCUT2D eigenvalue weighted by Crippen LogP contribution is 2.23. The van der Waals surface area contributed by atoms with E-state index in [1.807, 2.05) is 6.20 Å². The smallest absolute Gasteiger partial charge is 0.180 e. The second-order valence-corrected chi connectivity index (χ2v) is 10.1. The molecular weight excluding hydrogens is 451 g/mol. The first-order valence-electron chi connectivity index (χ1n) is 11.9. The fourth-order valence-electron chi connectivity index (χ4n) is 4.62. The van der Waals surface area contributed by atoms with E-state index in [-0.39, 0.29) is 11.9 Å². The monoisotopic (exact) mass is 482 g/mol. The number of ether oxygens (including phenoxy) is 1. The number of likely N-dealkylation sites (tertiary alicyclic amines) is 1. The van der Waals surface area contributed by atoms with E-state index >= 15 is 0 Å². The molecule has 34 heavy (non-hydrogen) atoms. The Bertz CT molecular complexity index is 1040. The minimum atomic E-state index is -0.293. The highest BCUT2D eigenvalue weighted by molar-refractivity contribution is 7.15. The summed E-state index contributed by atoms with van der Waals surface area (Å²) in [5, 5.41) is 0.640. The van der Waals surface area contributed by atoms with Crippen LogP contribution in [0.15, 0.2) is 48.8 Å². The molecule has 0 amide bonds. The minimum absolute atomic E-state index is 0.266. The van der Waals surface area contributed by atoms with E-state index in [0.717, 1.165) is 76.8 Å². The van der Waals surface area contributed by atoms with Crippen LogP contribution in [0, 0.1) is 5.82 Å². The molecule has 5 rings (SSSR count). The van der Waals surface area contributed by atoms with E-state index in [1.54, 1.807) is 17.4 Å². The third-order valence-electron chi connectivity index (χ3n) is 6.53. The van der Waals surface area contributed by atoms with Crippen molar-refractivity contribution in [1.82, 2.24) is 19.8 Å². The van der Waals surface area contributed by atoms with Crippen molar-refractivity contribution in [3.63, 3.8) is 0 Å². The first kappa shape index (κ1) is 23.0. The van der Waals surface area contributed by atoms with E-state index < -0.39 is 0 Å². The molecule has 2 fully saturated rings. The van der Waals surface area contributed by atoms with Gasteiger partial charge in [0.2, 0.25) is 0 Å². The summed E-state index contributed by atoms with van der Waals surface area (Å²) in [7, 11) is 0. The van der Waals surface area contributed by atoms with E-state index in [4.69, 9.17) is 10.5 Å². The van der Waals surface area contributed by atoms with E-state index in [1.165, 1.54) is 22.7 Å². The van der Waals surface area contributed by atoms with Crippen molar-refractivity contribution in [1.29, 1.82) is 0 Å². The number of thiazole rings is 1. The molecule has 2 N–H and O–H groups in total. The van der Waals surface area contributed by atoms with Gasteiger partial charge in [-0.1, -0.05) is 12.1 Å². The number of rotatable bonds is 7. The Morgan fingerprint density at radius 2 is 1.62 bits per heavy atom. The van der Waals surface area contributed by atoms with Gasteiger partial charge in [0.25, 0.3) is 0 Å². The van der Waals surface area contributed by atoms with Gasteiger partial charge in [-0.15, -0.1) is 11.3 Å². The average molecular weight is 483 g/mol. The lowest BCUT2D eigenvalue weighted by molar-refractivity contribution is 0.0973. The van der Waals surface area contributed by atoms with Crippen LogP contribution >= 0.6 is 11.3 Å². The maximum Gasteiger partial charge on any atom is 0.180 e. The molecule has 180 valence electrons. The van der Waals surface area contributed by atoms with Crippen molar-refractivity contribution in [3.8, 4) is 5.75 Å². The summed E-state index contributed by atoms with van der Waals surface area (Å²) < 4.78 is 19.4. The van der Waals surface area contributed by atoms with Gasteiger partial charge in [-0.2, -0.15) is 0 Å². The number of benzene rings is 1. The topological polar surface area (TPSA) is 70.8 Å². The Morgan fingerprint density at radius 3 is 2.26 bits per heavy atom. The zero-order valence-electron chi connectivity index (χ0n) is 19.3. The average Bonchev–Trinajstić information content (AvgIpc) is 3.27. The van der Waals surface area contributed by atoms with Crippen LogP contribution in [0.3, 0.4) is 0 Å². The zero-order valence-corrected chi connectivity index (χ0v) is 20.1. The lowest BCUT2D eigenvalue weighted by Crippen LogP contribution is -2.46. The Labute approximate surface area is 204 Å². The van der Waals surface area contributed by atoms with E-state index in [2.05, 4.69) is 48.9 Å². The molecule has 2 aliphatic rings. The Kier molecular flexibility index (Phi) is 7.22. The third-order valence-corrected chi connectivity index (χ3v) is 7.34. The number of hydrogen-bond acceptors (Lipinski definition) is 8. The zero-order chi connectivity index (χ0) is 23.3. The molecule has 3 aromatic rings. The molecule has 0 saturated carbocycles. The standard InChI is InChI=1S/C25H31FN6OS/c26-20-3-6-24(28-15-20)32-13-11-31(12-14-32)17-19-1-4-21(5-2-19)33-22-7-9-30(10-8-22)18-23-16-29-25(27)34-23/h1-6,15-16,22H,7-14,17-18H2,(H2,27,29). The number of hydrogen-bond donors (Lipinski definition) is 1. The normalized spacial score (nSPS) is 18.3. The van der Waals surface area contributed by atoms with Crippen molar-refractivity contribution in [3.05, 3.63) is 65.0 Å². The van der Waals surface area contributed by atoms with Crippen molar-refractivity contribution >= 4 is 22.3 Å². The third kappa shape index (κ3) is 6.02. The van der Waals surface area contributed by atoms with Gasteiger partial charge in [-0.3, -0.25) is 9.80 Å². The molecule has 7 nitrogen and oxygen atoms in total. The number of halogens is 1. The molecule has 0 unspecified atom stereocenters. The van der Waals surface area contributed by atoms with Gasteiger partial charge in [0, 0.05) is 63.4 Å². The number of piperazine rings is 1. The van der Waals surface area contributed by atoms with Gasteiger partial charge in [-0.25, -0.2) is 14.4 Å². The number of pyridine rings is 1. The van der Waals surface area contributed by atoms with Crippen LogP contribution in [0.1, 0.15) is 23.3 Å². The molecule has 2 aromatic heterocycles. The summed E-state index contributed by atoms with van der Waals surface area (Å²) in [6, 6.07) is 11.8. The molecule has 0 aliphatic carbocycles. The number of nitrogen functional groups attached to an aromatic ring is 1. The fourth-order valence-corrected chi connectivity index (χ4v) is 5.34. The SMILES string of the molecule is Nc1ncc(CN2CCC(Oc3ccc(CN4CCN(c5ccc(F)cn5)CC4)cc3)CC2)s1. The van der Waals surface area contributed by atoms with Crippen LogP contribution in [0.2, 0.25) is 0 Å². The molecule has 2 saturated heterocycles. The van der Waals surface area contributed by atoms with Crippen molar-refractivity contribution in [2.24, 2.45) is 0 Å². The molecule has 2 aliphatic heterocycles. The minimum Gasteiger partial charge on any atom is -0.490 e. The summed E-state index contributed by atoms with van der Waals surface area (Å²) in [6.45, 7) is 7.62. The Balaban J connectivity index is 1.04. The molecule has 1 aromatic carbocycles. The van der Waals surface area contributed by atoms with Crippen molar-refractivity contribution < 1.29 is 9.13 Å². The molecular formula is C25H31FN6OS. The largest absolute Gasteiger partial charge is 0.490 e. The lowest BCUT2D eigenvalue weighted by atomic mass is 10.1. The van der Waals surface area contributed by atoms with Crippen molar-refractivity contribution in [2.45, 2.75) is 32.0 Å². The Morgan fingerprint density at radius 1 is 0.882 bits per heavy atom. The second kappa shape index (κ2) is 10.7. The van der Waals surface area contributed by atoms with Gasteiger partial charge in [0.1, 0.15) is 23.5 Å². The van der Waals surface area contributed by atoms with Crippen LogP contribution in [-0.2, 0) is 13.1 Å². The van der Waals surface area contributed by atoms with E-state index in [0.29, 0.717) is 5.13 Å². The van der Waals surface area contributed by atoms with Gasteiger partial charge in [0.05, 0.1) is 6.20 Å². The molecule has 0 spiro atoms. The van der Waals surface area contributed by atoms with Gasteiger partial charge >= 0.3 is 0 Å². The second-order valence-electron chi connectivity index (χ2n) is 9.00. The summed E-state index contributed by atoms with van der Waals surface area (Å²) in [4.78, 5) is 16.7. The van der Waals surface area contributed by atoms with Gasteiger partial charge < -0.3 is 15.4 Å². The maximum absolute atomic E-state index is 13.1. The molecule has 0 radical (unpaired) electrons. The highest BCUT2D eigenvalue weighted by Gasteiger charge is 2.22. The van der Waals surface area contributed by atoms with E-state index in [9.17, 15) is 4.39 Å². The first-order chi connectivity index (χ1) is 16.6. The van der Waals surface area contributed by atoms with Crippen LogP contribution in [0.5, 0.6) is 5.75 Å².